The smallest absolute Gasteiger partial charge is 0.399 e. The maximum atomic E-state index is 14.9. The molecule has 24 heavy (non-hydrogen) atoms. The number of benzene rings is 1. The van der Waals surface area contributed by atoms with Crippen LogP contribution in [0.15, 0.2) is 6.07 Å². The Bertz CT molecular complexity index is 635. The van der Waals surface area contributed by atoms with Crippen LogP contribution in [0.5, 0.6) is 0 Å². The number of hydrogen-bond donors (Lipinski definition) is 1. The zero-order valence-corrected chi connectivity index (χ0v) is 18.1. The topological polar surface area (TPSA) is 30.5 Å². The van der Waals surface area contributed by atoms with E-state index in [-0.39, 0.29) is 12.0 Å². The molecule has 0 spiro atoms. The Balaban J connectivity index is 2.58. The van der Waals surface area contributed by atoms with Gasteiger partial charge in [-0.25, -0.2) is 8.78 Å². The van der Waals surface area contributed by atoms with Gasteiger partial charge in [0.05, 0.1) is 11.2 Å². The summed E-state index contributed by atoms with van der Waals surface area (Å²) in [5.41, 5.74) is 0.251. The maximum Gasteiger partial charge on any atom is 0.495 e. The summed E-state index contributed by atoms with van der Waals surface area (Å²) < 4.78 is 41.2. The van der Waals surface area contributed by atoms with Gasteiger partial charge in [0.15, 0.2) is 0 Å². The molecule has 1 aliphatic heterocycles. The molecule has 2 rings (SSSR count). The highest BCUT2D eigenvalue weighted by atomic mass is 31.1. The fraction of sp³-hybridized carbons (Fsp3) is 0.600. The molecule has 0 bridgehead atoms. The van der Waals surface area contributed by atoms with Gasteiger partial charge < -0.3 is 14.6 Å². The Hall–Kier alpha value is 0.155. The fourth-order valence-corrected chi connectivity index (χ4v) is 3.38. The molecule has 0 saturated carbocycles. The summed E-state index contributed by atoms with van der Waals surface area (Å²) in [5.74, 6) is -0.469. The van der Waals surface area contributed by atoms with Crippen LogP contribution in [-0.2, 0) is 15.7 Å². The molecular formula is C15H25BF2NO2P3. The first-order valence-electron chi connectivity index (χ1n) is 7.70. The summed E-state index contributed by atoms with van der Waals surface area (Å²) in [7, 11) is 7.47. The fourth-order valence-electron chi connectivity index (χ4n) is 2.57. The molecule has 0 aliphatic carbocycles. The lowest BCUT2D eigenvalue weighted by Crippen LogP contribution is -2.41. The van der Waals surface area contributed by atoms with Crippen molar-refractivity contribution in [2.75, 3.05) is 12.4 Å². The SMILES string of the molecule is CNc1cc(B2OC(C)(C)C(C)(C)O2)c(CC(F)(P)P)c(F)c1P. The van der Waals surface area contributed by atoms with Crippen LogP contribution in [0.4, 0.5) is 14.5 Å². The van der Waals surface area contributed by atoms with Crippen LogP contribution >= 0.6 is 27.7 Å². The van der Waals surface area contributed by atoms with E-state index >= 15 is 0 Å². The zero-order chi connectivity index (χ0) is 18.5. The van der Waals surface area contributed by atoms with Crippen molar-refractivity contribution in [3.05, 3.63) is 17.4 Å². The molecule has 9 heteroatoms. The number of halogens is 2. The van der Waals surface area contributed by atoms with Crippen LogP contribution in [0, 0.1) is 5.82 Å². The Morgan fingerprint density at radius 3 is 2.12 bits per heavy atom. The molecule has 134 valence electrons. The standard InChI is InChI=1S/C15H25BF2NO2P3/c1-13(2)14(3,4)21-16(20-13)9-6-10(19-5)12(22)11(17)8(9)7-15(18,23)24/h6,19H,7,22-24H2,1-5H3. The van der Waals surface area contributed by atoms with Crippen LogP contribution in [-0.4, -0.2) is 30.5 Å². The number of alkyl halides is 1. The molecule has 1 aromatic carbocycles. The molecule has 1 heterocycles. The minimum Gasteiger partial charge on any atom is -0.399 e. The van der Waals surface area contributed by atoms with Crippen molar-refractivity contribution in [2.45, 2.75) is 50.5 Å². The minimum absolute atomic E-state index is 0.126. The lowest BCUT2D eigenvalue weighted by atomic mass is 9.74. The summed E-state index contributed by atoms with van der Waals surface area (Å²) in [6.45, 7) is 7.71. The van der Waals surface area contributed by atoms with Gasteiger partial charge in [-0.05, 0) is 44.8 Å². The second-order valence-electron chi connectivity index (χ2n) is 7.16. The number of anilines is 1. The van der Waals surface area contributed by atoms with Gasteiger partial charge in [0, 0.05) is 24.5 Å². The Morgan fingerprint density at radius 1 is 1.21 bits per heavy atom. The molecule has 1 saturated heterocycles. The Morgan fingerprint density at radius 2 is 1.71 bits per heavy atom. The van der Waals surface area contributed by atoms with Crippen LogP contribution in [0.3, 0.4) is 0 Å². The van der Waals surface area contributed by atoms with E-state index < -0.39 is 29.3 Å². The highest BCUT2D eigenvalue weighted by Crippen LogP contribution is 2.38. The molecule has 0 radical (unpaired) electrons. The third-order valence-electron chi connectivity index (χ3n) is 4.66. The van der Waals surface area contributed by atoms with Gasteiger partial charge in [0.25, 0.3) is 0 Å². The second-order valence-corrected chi connectivity index (χ2v) is 10.3. The first kappa shape index (κ1) is 20.5. The van der Waals surface area contributed by atoms with E-state index in [0.717, 1.165) is 0 Å². The Labute approximate surface area is 150 Å². The molecule has 3 nitrogen and oxygen atoms in total. The summed E-state index contributed by atoms with van der Waals surface area (Å²) in [5, 5.41) is 1.61. The summed E-state index contributed by atoms with van der Waals surface area (Å²) in [6.07, 6.45) is -0.126. The molecule has 0 aromatic heterocycles. The summed E-state index contributed by atoms with van der Waals surface area (Å²) in [6, 6.07) is 1.77. The number of hydrogen-bond acceptors (Lipinski definition) is 3. The minimum atomic E-state index is -1.71. The molecular weight excluding hydrogens is 368 g/mol. The third kappa shape index (κ3) is 3.94. The van der Waals surface area contributed by atoms with E-state index in [1.54, 1.807) is 13.1 Å². The van der Waals surface area contributed by atoms with Crippen molar-refractivity contribution >= 4 is 51.3 Å². The van der Waals surface area contributed by atoms with Crippen molar-refractivity contribution in [3.8, 4) is 0 Å². The Kier molecular flexibility index (Phi) is 5.72. The molecule has 1 aliphatic rings. The molecule has 1 N–H and O–H groups in total. The van der Waals surface area contributed by atoms with E-state index in [0.29, 0.717) is 16.5 Å². The van der Waals surface area contributed by atoms with Crippen molar-refractivity contribution in [1.29, 1.82) is 0 Å². The molecule has 1 fully saturated rings. The normalized spacial score (nSPS) is 19.7. The number of nitrogens with one attached hydrogen (secondary N) is 1. The second kappa shape index (κ2) is 6.71. The molecule has 1 aromatic rings. The van der Waals surface area contributed by atoms with Crippen LogP contribution < -0.4 is 16.1 Å². The largest absolute Gasteiger partial charge is 0.495 e. The molecule has 3 atom stereocenters. The van der Waals surface area contributed by atoms with E-state index in [4.69, 9.17) is 9.31 Å². The monoisotopic (exact) mass is 393 g/mol. The van der Waals surface area contributed by atoms with Crippen molar-refractivity contribution < 1.29 is 18.1 Å². The summed E-state index contributed by atoms with van der Waals surface area (Å²) in [4.78, 5) is 0. The summed E-state index contributed by atoms with van der Waals surface area (Å²) >= 11 is 0. The van der Waals surface area contributed by atoms with Gasteiger partial charge in [-0.1, -0.05) is 18.5 Å². The third-order valence-corrected chi connectivity index (χ3v) is 5.64. The first-order chi connectivity index (χ1) is 10.8. The molecule has 0 amide bonds. The molecule has 3 unspecified atom stereocenters. The van der Waals surface area contributed by atoms with Crippen molar-refractivity contribution in [3.63, 3.8) is 0 Å². The van der Waals surface area contributed by atoms with Gasteiger partial charge >= 0.3 is 7.12 Å². The van der Waals surface area contributed by atoms with Gasteiger partial charge in [0.1, 0.15) is 11.0 Å². The van der Waals surface area contributed by atoms with Gasteiger partial charge in [0.2, 0.25) is 0 Å². The highest BCUT2D eigenvalue weighted by molar-refractivity contribution is 7.39. The van der Waals surface area contributed by atoms with Gasteiger partial charge in [-0.15, -0.1) is 9.24 Å². The van der Waals surface area contributed by atoms with Crippen LogP contribution in [0.25, 0.3) is 0 Å². The quantitative estimate of drug-likeness (QED) is 0.631. The first-order valence-corrected chi connectivity index (χ1v) is 9.43. The van der Waals surface area contributed by atoms with E-state index in [1.807, 2.05) is 27.7 Å². The lowest BCUT2D eigenvalue weighted by Gasteiger charge is -2.32. The zero-order valence-electron chi connectivity index (χ0n) is 14.7. The van der Waals surface area contributed by atoms with Crippen LogP contribution in [0.2, 0.25) is 0 Å². The predicted octanol–water partition coefficient (Wildman–Crippen LogP) is 2.58. The maximum absolute atomic E-state index is 14.9. The number of rotatable bonds is 4. The lowest BCUT2D eigenvalue weighted by molar-refractivity contribution is 0.00578. The van der Waals surface area contributed by atoms with Crippen LogP contribution in [0.1, 0.15) is 33.3 Å². The average Bonchev–Trinajstić information content (AvgIpc) is 2.63. The predicted molar refractivity (Wildman–Crippen MR) is 108 cm³/mol. The van der Waals surface area contributed by atoms with Crippen molar-refractivity contribution in [1.82, 2.24) is 0 Å². The van der Waals surface area contributed by atoms with Crippen molar-refractivity contribution in [2.24, 2.45) is 0 Å². The van der Waals surface area contributed by atoms with E-state index in [9.17, 15) is 8.78 Å². The van der Waals surface area contributed by atoms with Gasteiger partial charge in [-0.3, -0.25) is 0 Å². The van der Waals surface area contributed by atoms with E-state index in [2.05, 4.69) is 33.0 Å². The highest BCUT2D eigenvalue weighted by Gasteiger charge is 2.52. The van der Waals surface area contributed by atoms with Gasteiger partial charge in [-0.2, -0.15) is 0 Å². The van der Waals surface area contributed by atoms with E-state index in [1.165, 1.54) is 0 Å². The average molecular weight is 393 g/mol.